The van der Waals surface area contributed by atoms with Gasteiger partial charge in [-0.1, -0.05) is 19.9 Å². The SMILES string of the molecule is CCOC1CC(Nc2c(Br)cccc2Br)C1(C)C. The van der Waals surface area contributed by atoms with E-state index < -0.39 is 0 Å². The Morgan fingerprint density at radius 1 is 1.33 bits per heavy atom. The molecule has 1 N–H and O–H groups in total. The van der Waals surface area contributed by atoms with E-state index in [1.165, 1.54) is 0 Å². The van der Waals surface area contributed by atoms with Crippen molar-refractivity contribution in [1.29, 1.82) is 0 Å². The summed E-state index contributed by atoms with van der Waals surface area (Å²) in [6.07, 6.45) is 1.43. The van der Waals surface area contributed by atoms with Crippen molar-refractivity contribution in [2.24, 2.45) is 5.41 Å². The average molecular weight is 377 g/mol. The fourth-order valence-electron chi connectivity index (χ4n) is 2.42. The number of para-hydroxylation sites is 1. The topological polar surface area (TPSA) is 21.3 Å². The zero-order valence-electron chi connectivity index (χ0n) is 11.0. The van der Waals surface area contributed by atoms with Crippen LogP contribution in [0.25, 0.3) is 0 Å². The molecule has 0 bridgehead atoms. The fourth-order valence-corrected chi connectivity index (χ4v) is 3.65. The number of rotatable bonds is 4. The smallest absolute Gasteiger partial charge is 0.0665 e. The Bertz CT molecular complexity index is 414. The van der Waals surface area contributed by atoms with Crippen LogP contribution in [0.1, 0.15) is 27.2 Å². The van der Waals surface area contributed by atoms with E-state index in [9.17, 15) is 0 Å². The molecule has 1 fully saturated rings. The number of hydrogen-bond acceptors (Lipinski definition) is 2. The number of ether oxygens (including phenoxy) is 1. The Morgan fingerprint density at radius 3 is 2.44 bits per heavy atom. The summed E-state index contributed by atoms with van der Waals surface area (Å²) in [6.45, 7) is 7.37. The number of hydrogen-bond donors (Lipinski definition) is 1. The maximum absolute atomic E-state index is 5.76. The van der Waals surface area contributed by atoms with Crippen LogP contribution in [0.5, 0.6) is 0 Å². The van der Waals surface area contributed by atoms with Crippen LogP contribution in [0.4, 0.5) is 5.69 Å². The van der Waals surface area contributed by atoms with Gasteiger partial charge in [-0.25, -0.2) is 0 Å². The van der Waals surface area contributed by atoms with Crippen molar-refractivity contribution in [3.63, 3.8) is 0 Å². The molecule has 1 aliphatic carbocycles. The van der Waals surface area contributed by atoms with Gasteiger partial charge in [0.2, 0.25) is 0 Å². The van der Waals surface area contributed by atoms with E-state index in [0.717, 1.165) is 27.7 Å². The summed E-state index contributed by atoms with van der Waals surface area (Å²) < 4.78 is 7.94. The van der Waals surface area contributed by atoms with Gasteiger partial charge >= 0.3 is 0 Å². The van der Waals surface area contributed by atoms with Gasteiger partial charge in [0.15, 0.2) is 0 Å². The van der Waals surface area contributed by atoms with Crippen LogP contribution in [0.2, 0.25) is 0 Å². The third kappa shape index (κ3) is 2.61. The van der Waals surface area contributed by atoms with Crippen LogP contribution >= 0.6 is 31.9 Å². The summed E-state index contributed by atoms with van der Waals surface area (Å²) in [5.74, 6) is 0. The van der Waals surface area contributed by atoms with Crippen LogP contribution in [0.3, 0.4) is 0 Å². The van der Waals surface area contributed by atoms with Gasteiger partial charge in [0.1, 0.15) is 0 Å². The first-order valence-electron chi connectivity index (χ1n) is 6.29. The molecule has 100 valence electrons. The molecule has 2 unspecified atom stereocenters. The molecular weight excluding hydrogens is 358 g/mol. The fraction of sp³-hybridized carbons (Fsp3) is 0.571. The van der Waals surface area contributed by atoms with Crippen molar-refractivity contribution in [2.45, 2.75) is 39.3 Å². The first kappa shape index (κ1) is 14.4. The third-order valence-corrected chi connectivity index (χ3v) is 5.15. The minimum atomic E-state index is 0.171. The number of halogens is 2. The van der Waals surface area contributed by atoms with Crippen molar-refractivity contribution in [1.82, 2.24) is 0 Å². The minimum Gasteiger partial charge on any atom is -0.380 e. The van der Waals surface area contributed by atoms with Crippen LogP contribution < -0.4 is 5.32 Å². The van der Waals surface area contributed by atoms with E-state index in [0.29, 0.717) is 12.1 Å². The maximum Gasteiger partial charge on any atom is 0.0665 e. The van der Waals surface area contributed by atoms with E-state index in [4.69, 9.17) is 4.74 Å². The first-order valence-corrected chi connectivity index (χ1v) is 7.87. The lowest BCUT2D eigenvalue weighted by atomic mass is 9.64. The number of benzene rings is 1. The lowest BCUT2D eigenvalue weighted by Crippen LogP contribution is -2.58. The summed E-state index contributed by atoms with van der Waals surface area (Å²) in [5, 5.41) is 3.62. The molecule has 1 aromatic rings. The van der Waals surface area contributed by atoms with Gasteiger partial charge in [-0.15, -0.1) is 0 Å². The molecule has 18 heavy (non-hydrogen) atoms. The number of anilines is 1. The Kier molecular flexibility index (Phi) is 4.40. The van der Waals surface area contributed by atoms with Crippen molar-refractivity contribution in [3.05, 3.63) is 27.1 Å². The van der Waals surface area contributed by atoms with Crippen LogP contribution in [0, 0.1) is 5.41 Å². The van der Waals surface area contributed by atoms with Gasteiger partial charge in [0.25, 0.3) is 0 Å². The third-order valence-electron chi connectivity index (χ3n) is 3.83. The molecule has 2 atom stereocenters. The Balaban J connectivity index is 2.08. The van der Waals surface area contributed by atoms with E-state index in [-0.39, 0.29) is 5.41 Å². The highest BCUT2D eigenvalue weighted by Crippen LogP contribution is 2.45. The Morgan fingerprint density at radius 2 is 1.94 bits per heavy atom. The minimum absolute atomic E-state index is 0.171. The van der Waals surface area contributed by atoms with E-state index in [1.807, 2.05) is 6.07 Å². The van der Waals surface area contributed by atoms with E-state index in [1.54, 1.807) is 0 Å². The summed E-state index contributed by atoms with van der Waals surface area (Å²) in [7, 11) is 0. The largest absolute Gasteiger partial charge is 0.380 e. The molecule has 0 aromatic heterocycles. The molecule has 0 amide bonds. The van der Waals surface area contributed by atoms with Gasteiger partial charge < -0.3 is 10.1 Å². The van der Waals surface area contributed by atoms with Crippen LogP contribution in [0.15, 0.2) is 27.1 Å². The van der Waals surface area contributed by atoms with Crippen molar-refractivity contribution in [3.8, 4) is 0 Å². The maximum atomic E-state index is 5.76. The van der Waals surface area contributed by atoms with Crippen LogP contribution in [-0.2, 0) is 4.74 Å². The normalized spacial score (nSPS) is 25.6. The summed E-state index contributed by atoms with van der Waals surface area (Å²) in [5.41, 5.74) is 1.30. The van der Waals surface area contributed by atoms with Gasteiger partial charge in [-0.05, 0) is 57.3 Å². The molecule has 4 heteroatoms. The predicted octanol–water partition coefficient (Wildman–Crippen LogP) is 4.83. The van der Waals surface area contributed by atoms with Gasteiger partial charge in [0.05, 0.1) is 11.8 Å². The standard InChI is InChI=1S/C14H19Br2NO/c1-4-18-12-8-11(14(12,2)3)17-13-9(15)6-5-7-10(13)16/h5-7,11-12,17H,4,8H2,1-3H3. The quantitative estimate of drug-likeness (QED) is 0.812. The summed E-state index contributed by atoms with van der Waals surface area (Å²) >= 11 is 7.18. The first-order chi connectivity index (χ1) is 8.46. The van der Waals surface area contributed by atoms with Crippen molar-refractivity contribution < 1.29 is 4.74 Å². The predicted molar refractivity (Wildman–Crippen MR) is 83.1 cm³/mol. The lowest BCUT2D eigenvalue weighted by molar-refractivity contribution is -0.0976. The molecule has 2 nitrogen and oxygen atoms in total. The van der Waals surface area contributed by atoms with Gasteiger partial charge in [-0.2, -0.15) is 0 Å². The summed E-state index contributed by atoms with van der Waals surface area (Å²) in [6, 6.07) is 6.58. The van der Waals surface area contributed by atoms with E-state index >= 15 is 0 Å². The highest BCUT2D eigenvalue weighted by atomic mass is 79.9. The Hall–Kier alpha value is -0.0600. The highest BCUT2D eigenvalue weighted by molar-refractivity contribution is 9.11. The molecule has 0 aliphatic heterocycles. The average Bonchev–Trinajstić information content (AvgIpc) is 2.31. The molecule has 2 rings (SSSR count). The molecule has 1 aromatic carbocycles. The molecule has 1 aliphatic rings. The zero-order chi connectivity index (χ0) is 13.3. The molecule has 0 spiro atoms. The molecule has 0 saturated heterocycles. The highest BCUT2D eigenvalue weighted by Gasteiger charge is 2.49. The summed E-state index contributed by atoms with van der Waals surface area (Å²) in [4.78, 5) is 0. The molecular formula is C14H19Br2NO. The zero-order valence-corrected chi connectivity index (χ0v) is 14.1. The monoisotopic (exact) mass is 375 g/mol. The molecule has 0 heterocycles. The second-order valence-electron chi connectivity index (χ2n) is 5.29. The van der Waals surface area contributed by atoms with Crippen LogP contribution in [-0.4, -0.2) is 18.8 Å². The second-order valence-corrected chi connectivity index (χ2v) is 7.00. The molecule has 0 radical (unpaired) electrons. The second kappa shape index (κ2) is 5.51. The van der Waals surface area contributed by atoms with Crippen molar-refractivity contribution >= 4 is 37.5 Å². The van der Waals surface area contributed by atoms with Crippen molar-refractivity contribution in [2.75, 3.05) is 11.9 Å². The number of nitrogens with one attached hydrogen (secondary N) is 1. The van der Waals surface area contributed by atoms with E-state index in [2.05, 4.69) is 70.1 Å². The Labute approximate surface area is 126 Å². The lowest BCUT2D eigenvalue weighted by Gasteiger charge is -2.52. The van der Waals surface area contributed by atoms with Gasteiger partial charge in [-0.3, -0.25) is 0 Å². The van der Waals surface area contributed by atoms with Gasteiger partial charge in [0, 0.05) is 27.0 Å². The molecule has 1 saturated carbocycles.